The molecule has 0 aromatic carbocycles. The highest BCUT2D eigenvalue weighted by Crippen LogP contribution is 2.49. The predicted molar refractivity (Wildman–Crippen MR) is 307 cm³/mol. The molecule has 2 atom stereocenters. The van der Waals surface area contributed by atoms with Gasteiger partial charge < -0.3 is 46.4 Å². The number of rotatable bonds is 5. The van der Waals surface area contributed by atoms with Gasteiger partial charge in [0.2, 0.25) is 11.9 Å². The molecule has 3 saturated heterocycles. The lowest BCUT2D eigenvalue weighted by atomic mass is 9.74. The minimum absolute atomic E-state index is 0.143. The van der Waals surface area contributed by atoms with Crippen molar-refractivity contribution in [1.82, 2.24) is 54.4 Å². The fraction of sp³-hybridized carbons (Fsp3) is 0.588. The second-order valence-electron chi connectivity index (χ2n) is 23.0. The summed E-state index contributed by atoms with van der Waals surface area (Å²) in [4.78, 5) is 34.8. The molecule has 11 rings (SSSR count). The number of pyridine rings is 2. The minimum Gasteiger partial charge on any atom is -0.444 e. The maximum atomic E-state index is 12.3. The van der Waals surface area contributed by atoms with Gasteiger partial charge in [0.05, 0.1) is 42.7 Å². The molecule has 0 unspecified atom stereocenters. The zero-order valence-corrected chi connectivity index (χ0v) is 49.7. The number of fused-ring (bicyclic) bond motifs is 2. The molecule has 0 bridgehead atoms. The van der Waals surface area contributed by atoms with E-state index in [1.165, 1.54) is 19.0 Å². The smallest absolute Gasteiger partial charge is 0.444 e. The number of anilines is 4. The number of amides is 1. The number of nitrogen functional groups attached to an aromatic ring is 2. The quantitative estimate of drug-likeness (QED) is 0.117. The van der Waals surface area contributed by atoms with Gasteiger partial charge in [0, 0.05) is 61.7 Å². The van der Waals surface area contributed by atoms with Gasteiger partial charge in [-0.1, -0.05) is 59.2 Å². The van der Waals surface area contributed by atoms with Crippen molar-refractivity contribution >= 4 is 116 Å². The number of piperidine rings is 2. The molecule has 77 heavy (non-hydrogen) atoms. The van der Waals surface area contributed by atoms with Crippen LogP contribution in [0.25, 0.3) is 22.4 Å². The standard InChI is InChI=1S/C20H29BrN6O2.C20H24Cl2N8.C11H15BCl2N2O2/c1-13-15(21)16-25-22-12-27(16)17(23-13)26-10-8-20(9-11-26)7-5-6-14(20)24-18(28)29-19(2,3)4;1-11-14(12-9-25-17(24)16(22)15(12)21)18-28-26-10-30(18)19(27-11)29-7-5-20(6-8-29)4-2-3-13(20)23;1-10(2)11(3,4)18-12(17-10)6-5-16-9(15)8(14)7(6)13/h12,14H,5-11H2,1-4H3,(H,24,28);9-10,13H,2-8,23H2,1H3,(H2,24,25);5H,1-4H3,(H2,15,16)/t14-;13-;/m11./s1. The van der Waals surface area contributed by atoms with E-state index in [2.05, 4.69) is 61.4 Å². The van der Waals surface area contributed by atoms with Crippen LogP contribution in [0.2, 0.25) is 20.1 Å². The summed E-state index contributed by atoms with van der Waals surface area (Å²) in [7, 11) is -0.590. The van der Waals surface area contributed by atoms with Gasteiger partial charge in [-0.2, -0.15) is 0 Å². The van der Waals surface area contributed by atoms with Crippen LogP contribution < -0.4 is 37.8 Å². The van der Waals surface area contributed by atoms with Gasteiger partial charge in [-0.05, 0) is 140 Å². The maximum Gasteiger partial charge on any atom is 0.498 e. The molecule has 9 heterocycles. The van der Waals surface area contributed by atoms with Gasteiger partial charge in [-0.15, -0.1) is 20.4 Å². The summed E-state index contributed by atoms with van der Waals surface area (Å²) in [5, 5.41) is 21.0. The number of nitrogens with one attached hydrogen (secondary N) is 1. The van der Waals surface area contributed by atoms with Crippen LogP contribution >= 0.6 is 62.3 Å². The molecular formula is C51H68BBrCl4N16O4. The third-order valence-electron chi connectivity index (χ3n) is 16.6. The Bertz CT molecular complexity index is 3160. The molecule has 2 saturated carbocycles. The van der Waals surface area contributed by atoms with Crippen LogP contribution in [0.3, 0.4) is 0 Å². The van der Waals surface area contributed by atoms with Crippen molar-refractivity contribution in [2.24, 2.45) is 16.6 Å². The van der Waals surface area contributed by atoms with E-state index in [4.69, 9.17) is 87.6 Å². The van der Waals surface area contributed by atoms with Gasteiger partial charge in [0.1, 0.15) is 39.9 Å². The number of ether oxygens (including phenoxy) is 1. The monoisotopic (exact) mass is 1200 g/mol. The molecule has 26 heteroatoms. The maximum absolute atomic E-state index is 12.3. The summed E-state index contributed by atoms with van der Waals surface area (Å²) < 4.78 is 22.0. The summed E-state index contributed by atoms with van der Waals surface area (Å²) in [6, 6.07) is 0.491. The second-order valence-corrected chi connectivity index (χ2v) is 25.3. The third-order valence-corrected chi connectivity index (χ3v) is 19.3. The lowest BCUT2D eigenvalue weighted by molar-refractivity contribution is 0.00578. The van der Waals surface area contributed by atoms with Gasteiger partial charge in [-0.25, -0.2) is 29.1 Å². The van der Waals surface area contributed by atoms with Crippen LogP contribution in [-0.4, -0.2) is 117 Å². The minimum atomic E-state index is -0.590. The van der Waals surface area contributed by atoms with Crippen LogP contribution in [0.4, 0.5) is 28.3 Å². The van der Waals surface area contributed by atoms with Crippen molar-refractivity contribution in [3.63, 3.8) is 0 Å². The first-order valence-electron chi connectivity index (χ1n) is 26.1. The van der Waals surface area contributed by atoms with Crippen LogP contribution in [0.5, 0.6) is 0 Å². The van der Waals surface area contributed by atoms with E-state index in [9.17, 15) is 4.79 Å². The Morgan fingerprint density at radius 3 is 1.82 bits per heavy atom. The number of nitrogens with zero attached hydrogens (tertiary/aromatic N) is 12. The first-order chi connectivity index (χ1) is 36.2. The average Bonchev–Trinajstić information content (AvgIpc) is 4.23. The number of carbonyl (C=O) groups excluding carboxylic acids is 1. The van der Waals surface area contributed by atoms with Crippen molar-refractivity contribution in [3.05, 3.63) is 61.0 Å². The Balaban J connectivity index is 0.000000146. The third kappa shape index (κ3) is 11.2. The van der Waals surface area contributed by atoms with E-state index < -0.39 is 23.9 Å². The van der Waals surface area contributed by atoms with Crippen molar-refractivity contribution in [2.45, 2.75) is 155 Å². The molecule has 6 aromatic heterocycles. The largest absolute Gasteiger partial charge is 0.498 e. The normalized spacial score (nSPS) is 21.4. The van der Waals surface area contributed by atoms with Crippen LogP contribution in [-0.2, 0) is 14.0 Å². The molecule has 414 valence electrons. The molecule has 5 fully saturated rings. The first-order valence-corrected chi connectivity index (χ1v) is 28.4. The number of carbonyl (C=O) groups is 1. The average molecular weight is 1200 g/mol. The van der Waals surface area contributed by atoms with Gasteiger partial charge in [0.25, 0.3) is 0 Å². The van der Waals surface area contributed by atoms with Crippen LogP contribution in [0.1, 0.15) is 124 Å². The van der Waals surface area contributed by atoms with Gasteiger partial charge in [-0.3, -0.25) is 4.40 Å². The number of aryl methyl sites for hydroxylation is 2. The van der Waals surface area contributed by atoms with E-state index in [0.29, 0.717) is 32.8 Å². The number of nitrogens with two attached hydrogens (primary N) is 3. The molecule has 3 aliphatic heterocycles. The SMILES string of the molecule is CC1(C)OB(c2cnc(N)c(Cl)c2Cl)OC1(C)C.Cc1nc(N2CCC3(CCC[C@H]3N)CC2)n2cnnc2c1-c1cnc(N)c(Cl)c1Cl.Cc1nc(N2CCC3(CCC[C@H]3NC(=O)OC(C)(C)C)CC2)n2cnnc2c1Br. The number of hydrogen-bond donors (Lipinski definition) is 4. The number of halogens is 5. The fourth-order valence-electron chi connectivity index (χ4n) is 11.5. The van der Waals surface area contributed by atoms with Gasteiger partial charge >= 0.3 is 13.2 Å². The summed E-state index contributed by atoms with van der Waals surface area (Å²) in [5.41, 5.74) is 22.0. The Morgan fingerprint density at radius 2 is 1.25 bits per heavy atom. The molecule has 6 aromatic rings. The molecule has 7 N–H and O–H groups in total. The summed E-state index contributed by atoms with van der Waals surface area (Å²) >= 11 is 28.4. The Hall–Kier alpha value is -4.55. The van der Waals surface area contributed by atoms with E-state index in [0.717, 1.165) is 117 Å². The predicted octanol–water partition coefficient (Wildman–Crippen LogP) is 9.61. The van der Waals surface area contributed by atoms with Crippen LogP contribution in [0.15, 0.2) is 29.5 Å². The molecule has 1 amide bonds. The van der Waals surface area contributed by atoms with Crippen molar-refractivity contribution < 1.29 is 18.8 Å². The van der Waals surface area contributed by atoms with Crippen LogP contribution in [0, 0.1) is 24.7 Å². The number of aromatic nitrogens is 10. The molecule has 2 aliphatic carbocycles. The molecule has 20 nitrogen and oxygen atoms in total. The first kappa shape index (κ1) is 57.2. The summed E-state index contributed by atoms with van der Waals surface area (Å²) in [5.74, 6) is 2.11. The lowest BCUT2D eigenvalue weighted by Crippen LogP contribution is -2.51. The lowest BCUT2D eigenvalue weighted by Gasteiger charge is -2.43. The summed E-state index contributed by atoms with van der Waals surface area (Å²) in [6.07, 6.45) is 17.4. The number of alkyl carbamates (subject to hydrolysis) is 1. The van der Waals surface area contributed by atoms with Crippen molar-refractivity contribution in [1.29, 1.82) is 0 Å². The van der Waals surface area contributed by atoms with E-state index in [-0.39, 0.29) is 44.6 Å². The second kappa shape index (κ2) is 21.8. The Morgan fingerprint density at radius 1 is 0.740 bits per heavy atom. The highest BCUT2D eigenvalue weighted by Gasteiger charge is 2.53. The number of hydrogen-bond acceptors (Lipinski definition) is 17. The fourth-order valence-corrected chi connectivity index (χ4v) is 12.6. The molecule has 2 spiro atoms. The summed E-state index contributed by atoms with van der Waals surface area (Å²) in [6.45, 7) is 21.1. The van der Waals surface area contributed by atoms with E-state index in [1.54, 1.807) is 18.9 Å². The van der Waals surface area contributed by atoms with E-state index in [1.807, 2.05) is 71.1 Å². The zero-order valence-electron chi connectivity index (χ0n) is 45.1. The highest BCUT2D eigenvalue weighted by atomic mass is 79.9. The highest BCUT2D eigenvalue weighted by molar-refractivity contribution is 9.10. The zero-order chi connectivity index (χ0) is 55.6. The topological polar surface area (TPSA) is 253 Å². The molecular weight excluding hydrogens is 1130 g/mol. The Labute approximate surface area is 477 Å². The Kier molecular flexibility index (Phi) is 16.2. The van der Waals surface area contributed by atoms with E-state index >= 15 is 0 Å². The van der Waals surface area contributed by atoms with Gasteiger partial charge in [0.15, 0.2) is 11.3 Å². The molecule has 0 radical (unpaired) electrons. The molecule has 5 aliphatic rings. The van der Waals surface area contributed by atoms with Crippen molar-refractivity contribution in [3.8, 4) is 11.1 Å². The van der Waals surface area contributed by atoms with Crippen molar-refractivity contribution in [2.75, 3.05) is 47.4 Å².